The molecule has 0 radical (unpaired) electrons. The highest BCUT2D eigenvalue weighted by Crippen LogP contribution is 2.29. The zero-order valence-corrected chi connectivity index (χ0v) is 16.5. The van der Waals surface area contributed by atoms with Crippen LogP contribution >= 0.6 is 11.6 Å². The minimum absolute atomic E-state index is 0.0716. The lowest BCUT2D eigenvalue weighted by molar-refractivity contribution is -0.151. The number of ether oxygens (including phenoxy) is 1. The van der Waals surface area contributed by atoms with Crippen LogP contribution in [0.2, 0.25) is 5.02 Å². The summed E-state index contributed by atoms with van der Waals surface area (Å²) in [6, 6.07) is 12.4. The Bertz CT molecular complexity index is 928. The van der Waals surface area contributed by atoms with E-state index in [0.29, 0.717) is 10.7 Å². The van der Waals surface area contributed by atoms with Gasteiger partial charge in [-0.1, -0.05) is 29.8 Å². The number of carbonyl (C=O) groups excluding carboxylic acids is 3. The number of benzene rings is 2. The van der Waals surface area contributed by atoms with Gasteiger partial charge in [-0.05, 0) is 49.2 Å². The smallest absolute Gasteiger partial charge is 0.311 e. The fourth-order valence-corrected chi connectivity index (χ4v) is 3.33. The topological polar surface area (TPSA) is 75.7 Å². The van der Waals surface area contributed by atoms with Crippen molar-refractivity contribution in [3.05, 3.63) is 58.6 Å². The zero-order valence-electron chi connectivity index (χ0n) is 15.7. The number of aryl methyl sites for hydroxylation is 1. The van der Waals surface area contributed by atoms with Crippen molar-refractivity contribution in [3.63, 3.8) is 0 Å². The normalized spacial score (nSPS) is 16.2. The first-order valence-corrected chi connectivity index (χ1v) is 9.31. The Kier molecular flexibility index (Phi) is 5.99. The molecule has 28 heavy (non-hydrogen) atoms. The van der Waals surface area contributed by atoms with Crippen LogP contribution in [0.3, 0.4) is 0 Å². The van der Waals surface area contributed by atoms with E-state index in [1.54, 1.807) is 29.2 Å². The summed E-state index contributed by atoms with van der Waals surface area (Å²) in [5.41, 5.74) is 3.41. The Morgan fingerprint density at radius 2 is 1.96 bits per heavy atom. The molecule has 1 aliphatic heterocycles. The van der Waals surface area contributed by atoms with Crippen molar-refractivity contribution >= 4 is 40.8 Å². The van der Waals surface area contributed by atoms with E-state index in [4.69, 9.17) is 16.3 Å². The standard InChI is InChI=1S/C21H21ClN2O4/c1-13-5-3-8-18(14(13)2)24-11-15(9-20(24)26)21(27)28-12-19(25)23-17-7-4-6-16(22)10-17/h3-8,10,15H,9,11-12H2,1-2H3,(H,23,25). The largest absolute Gasteiger partial charge is 0.455 e. The Morgan fingerprint density at radius 1 is 1.21 bits per heavy atom. The highest BCUT2D eigenvalue weighted by atomic mass is 35.5. The first-order chi connectivity index (χ1) is 13.3. The Hall–Kier alpha value is -2.86. The summed E-state index contributed by atoms with van der Waals surface area (Å²) < 4.78 is 5.11. The van der Waals surface area contributed by atoms with Gasteiger partial charge >= 0.3 is 5.97 Å². The molecule has 1 heterocycles. The van der Waals surface area contributed by atoms with Gasteiger partial charge in [0.15, 0.2) is 6.61 Å². The quantitative estimate of drug-likeness (QED) is 0.779. The van der Waals surface area contributed by atoms with Crippen LogP contribution in [0.4, 0.5) is 11.4 Å². The van der Waals surface area contributed by atoms with Crippen LogP contribution in [0.1, 0.15) is 17.5 Å². The van der Waals surface area contributed by atoms with Crippen molar-refractivity contribution in [1.82, 2.24) is 0 Å². The minimum atomic E-state index is -0.591. The molecule has 1 N–H and O–H groups in total. The molecule has 146 valence electrons. The van der Waals surface area contributed by atoms with Crippen molar-refractivity contribution in [2.75, 3.05) is 23.4 Å². The van der Waals surface area contributed by atoms with Gasteiger partial charge in [-0.25, -0.2) is 0 Å². The molecule has 0 spiro atoms. The number of hydrogen-bond acceptors (Lipinski definition) is 4. The molecular formula is C21H21ClN2O4. The predicted molar refractivity (Wildman–Crippen MR) is 107 cm³/mol. The molecular weight excluding hydrogens is 380 g/mol. The predicted octanol–water partition coefficient (Wildman–Crippen LogP) is 3.49. The monoisotopic (exact) mass is 400 g/mol. The summed E-state index contributed by atoms with van der Waals surface area (Å²) in [5.74, 6) is -1.74. The molecule has 1 unspecified atom stereocenters. The maximum Gasteiger partial charge on any atom is 0.311 e. The minimum Gasteiger partial charge on any atom is -0.455 e. The van der Waals surface area contributed by atoms with Gasteiger partial charge in [0.25, 0.3) is 5.91 Å². The third-order valence-electron chi connectivity index (χ3n) is 4.78. The van der Waals surface area contributed by atoms with Gasteiger partial charge < -0.3 is 15.0 Å². The van der Waals surface area contributed by atoms with E-state index in [1.165, 1.54) is 0 Å². The number of esters is 1. The fourth-order valence-electron chi connectivity index (χ4n) is 3.14. The van der Waals surface area contributed by atoms with E-state index in [2.05, 4.69) is 5.32 Å². The van der Waals surface area contributed by atoms with Crippen molar-refractivity contribution < 1.29 is 19.1 Å². The highest BCUT2D eigenvalue weighted by Gasteiger charge is 2.37. The van der Waals surface area contributed by atoms with E-state index >= 15 is 0 Å². The number of anilines is 2. The van der Waals surface area contributed by atoms with Crippen LogP contribution in [-0.4, -0.2) is 30.9 Å². The first kappa shape index (κ1) is 19.9. The van der Waals surface area contributed by atoms with Gasteiger partial charge in [0.2, 0.25) is 5.91 Å². The van der Waals surface area contributed by atoms with Crippen molar-refractivity contribution in [3.8, 4) is 0 Å². The van der Waals surface area contributed by atoms with Gasteiger partial charge in [0.1, 0.15) is 0 Å². The lowest BCUT2D eigenvalue weighted by atomic mass is 10.1. The molecule has 6 nitrogen and oxygen atoms in total. The number of halogens is 1. The average Bonchev–Trinajstić information content (AvgIpc) is 3.04. The summed E-state index contributed by atoms with van der Waals surface area (Å²) in [7, 11) is 0. The van der Waals surface area contributed by atoms with Crippen molar-refractivity contribution in [1.29, 1.82) is 0 Å². The summed E-state index contributed by atoms with van der Waals surface area (Å²) in [4.78, 5) is 38.3. The Labute approximate surface area is 168 Å². The molecule has 2 amide bonds. The molecule has 7 heteroatoms. The van der Waals surface area contributed by atoms with Crippen LogP contribution in [0.5, 0.6) is 0 Å². The van der Waals surface area contributed by atoms with E-state index in [-0.39, 0.29) is 18.9 Å². The van der Waals surface area contributed by atoms with E-state index in [9.17, 15) is 14.4 Å². The summed E-state index contributed by atoms with van der Waals surface area (Å²) in [6.07, 6.45) is 0.0716. The van der Waals surface area contributed by atoms with Gasteiger partial charge in [0.05, 0.1) is 5.92 Å². The number of rotatable bonds is 5. The second-order valence-electron chi connectivity index (χ2n) is 6.79. The van der Waals surface area contributed by atoms with Crippen LogP contribution in [0, 0.1) is 19.8 Å². The van der Waals surface area contributed by atoms with Gasteiger partial charge in [-0.3, -0.25) is 14.4 Å². The number of carbonyl (C=O) groups is 3. The average molecular weight is 401 g/mol. The molecule has 1 aliphatic rings. The number of hydrogen-bond donors (Lipinski definition) is 1. The second-order valence-corrected chi connectivity index (χ2v) is 7.23. The van der Waals surface area contributed by atoms with Gasteiger partial charge in [-0.2, -0.15) is 0 Å². The molecule has 0 bridgehead atoms. The highest BCUT2D eigenvalue weighted by molar-refractivity contribution is 6.30. The fraction of sp³-hybridized carbons (Fsp3) is 0.286. The summed E-state index contributed by atoms with van der Waals surface area (Å²) in [5, 5.41) is 3.10. The molecule has 0 aromatic heterocycles. The summed E-state index contributed by atoms with van der Waals surface area (Å²) in [6.45, 7) is 3.75. The second kappa shape index (κ2) is 8.44. The Morgan fingerprint density at radius 3 is 2.71 bits per heavy atom. The molecule has 1 atom stereocenters. The SMILES string of the molecule is Cc1cccc(N2CC(C(=O)OCC(=O)Nc3cccc(Cl)c3)CC2=O)c1C. The molecule has 0 saturated carbocycles. The molecule has 3 rings (SSSR count). The summed E-state index contributed by atoms with van der Waals surface area (Å²) >= 11 is 5.87. The Balaban J connectivity index is 1.56. The van der Waals surface area contributed by atoms with E-state index in [1.807, 2.05) is 32.0 Å². The number of amides is 2. The third-order valence-corrected chi connectivity index (χ3v) is 5.01. The maximum atomic E-state index is 12.4. The molecule has 1 fully saturated rings. The lowest BCUT2D eigenvalue weighted by Gasteiger charge is -2.20. The van der Waals surface area contributed by atoms with Crippen LogP contribution in [0.15, 0.2) is 42.5 Å². The van der Waals surface area contributed by atoms with E-state index in [0.717, 1.165) is 16.8 Å². The molecule has 2 aromatic carbocycles. The third kappa shape index (κ3) is 4.51. The van der Waals surface area contributed by atoms with Crippen LogP contribution in [0.25, 0.3) is 0 Å². The molecule has 2 aromatic rings. The van der Waals surface area contributed by atoms with Crippen LogP contribution < -0.4 is 10.2 Å². The van der Waals surface area contributed by atoms with Gasteiger partial charge in [-0.15, -0.1) is 0 Å². The van der Waals surface area contributed by atoms with Crippen molar-refractivity contribution in [2.45, 2.75) is 20.3 Å². The van der Waals surface area contributed by atoms with Crippen molar-refractivity contribution in [2.24, 2.45) is 5.92 Å². The van der Waals surface area contributed by atoms with Gasteiger partial charge in [0, 0.05) is 29.4 Å². The molecule has 1 saturated heterocycles. The lowest BCUT2D eigenvalue weighted by Crippen LogP contribution is -2.28. The van der Waals surface area contributed by atoms with E-state index < -0.39 is 24.4 Å². The maximum absolute atomic E-state index is 12.4. The molecule has 0 aliphatic carbocycles. The number of nitrogens with zero attached hydrogens (tertiary/aromatic N) is 1. The zero-order chi connectivity index (χ0) is 20.3. The van der Waals surface area contributed by atoms with Crippen LogP contribution in [-0.2, 0) is 19.1 Å². The number of nitrogens with one attached hydrogen (secondary N) is 1. The first-order valence-electron chi connectivity index (χ1n) is 8.94.